The molecule has 0 aliphatic carbocycles. The van der Waals surface area contributed by atoms with E-state index < -0.39 is 0 Å². The normalized spacial score (nSPS) is 17.3. The molecular weight excluding hydrogens is 399 g/mol. The molecule has 6 heteroatoms. The largest absolute Gasteiger partial charge is 0.326 e. The van der Waals surface area contributed by atoms with Crippen LogP contribution < -0.4 is 10.2 Å². The average molecular weight is 429 g/mol. The van der Waals surface area contributed by atoms with Gasteiger partial charge in [0.25, 0.3) is 0 Å². The van der Waals surface area contributed by atoms with Crippen molar-refractivity contribution < 1.29 is 14.0 Å². The summed E-state index contributed by atoms with van der Waals surface area (Å²) in [5.74, 6) is 0.00724. The maximum Gasteiger partial charge on any atom is 0.238 e. The molecule has 30 heavy (non-hydrogen) atoms. The number of nitrogens with zero attached hydrogens (tertiary/aromatic N) is 1. The zero-order valence-electron chi connectivity index (χ0n) is 17.8. The number of halogens is 1. The van der Waals surface area contributed by atoms with Crippen molar-refractivity contribution in [2.45, 2.75) is 51.8 Å². The molecule has 2 amide bonds. The summed E-state index contributed by atoms with van der Waals surface area (Å²) in [6.07, 6.45) is 3.81. The van der Waals surface area contributed by atoms with Crippen LogP contribution in [-0.2, 0) is 9.59 Å². The molecule has 1 heterocycles. The van der Waals surface area contributed by atoms with Crippen LogP contribution in [0.3, 0.4) is 0 Å². The maximum absolute atomic E-state index is 14.1. The number of carbonyl (C=O) groups excluding carboxylic acids is 2. The Morgan fingerprint density at radius 3 is 2.77 bits per heavy atom. The summed E-state index contributed by atoms with van der Waals surface area (Å²) in [5.41, 5.74) is 2.74. The summed E-state index contributed by atoms with van der Waals surface area (Å²) in [6.45, 7) is 5.86. The van der Waals surface area contributed by atoms with Gasteiger partial charge in [0.1, 0.15) is 11.2 Å². The maximum atomic E-state index is 14.1. The first-order chi connectivity index (χ1) is 14.4. The van der Waals surface area contributed by atoms with Crippen LogP contribution in [0.25, 0.3) is 0 Å². The van der Waals surface area contributed by atoms with Gasteiger partial charge in [-0.05, 0) is 55.2 Å². The predicted molar refractivity (Wildman–Crippen MR) is 122 cm³/mol. The van der Waals surface area contributed by atoms with Crippen LogP contribution in [0.5, 0.6) is 0 Å². The number of benzene rings is 2. The van der Waals surface area contributed by atoms with E-state index in [9.17, 15) is 14.0 Å². The molecule has 1 fully saturated rings. The minimum atomic E-state index is -0.324. The molecule has 1 aliphatic heterocycles. The van der Waals surface area contributed by atoms with Gasteiger partial charge in [-0.3, -0.25) is 14.5 Å². The first-order valence-corrected chi connectivity index (χ1v) is 11.6. The minimum absolute atomic E-state index is 0.00284. The van der Waals surface area contributed by atoms with E-state index in [-0.39, 0.29) is 28.9 Å². The summed E-state index contributed by atoms with van der Waals surface area (Å²) in [7, 11) is 0. The van der Waals surface area contributed by atoms with E-state index in [1.165, 1.54) is 17.8 Å². The van der Waals surface area contributed by atoms with Gasteiger partial charge in [-0.1, -0.05) is 44.9 Å². The highest BCUT2D eigenvalue weighted by molar-refractivity contribution is 8.00. The first-order valence-electron chi connectivity index (χ1n) is 10.5. The Labute approximate surface area is 182 Å². The van der Waals surface area contributed by atoms with Gasteiger partial charge in [-0.25, -0.2) is 4.39 Å². The average Bonchev–Trinajstić information content (AvgIpc) is 3.12. The monoisotopic (exact) mass is 428 g/mol. The molecule has 3 rings (SSSR count). The molecule has 0 saturated carbocycles. The molecule has 1 N–H and O–H groups in total. The molecule has 1 saturated heterocycles. The van der Waals surface area contributed by atoms with Gasteiger partial charge in [-0.15, -0.1) is 11.8 Å². The van der Waals surface area contributed by atoms with Crippen molar-refractivity contribution >= 4 is 35.0 Å². The molecule has 160 valence electrons. The summed E-state index contributed by atoms with van der Waals surface area (Å²) in [6, 6.07) is 12.5. The van der Waals surface area contributed by atoms with Crippen molar-refractivity contribution in [2.24, 2.45) is 5.92 Å². The summed E-state index contributed by atoms with van der Waals surface area (Å²) in [5, 5.41) is 2.79. The number of anilines is 2. The fourth-order valence-corrected chi connectivity index (χ4v) is 4.83. The van der Waals surface area contributed by atoms with Crippen molar-refractivity contribution in [3.8, 4) is 0 Å². The Kier molecular flexibility index (Phi) is 7.53. The molecule has 0 unspecified atom stereocenters. The van der Waals surface area contributed by atoms with Crippen LogP contribution in [0.4, 0.5) is 15.8 Å². The second-order valence-electron chi connectivity index (χ2n) is 7.72. The quantitative estimate of drug-likeness (QED) is 0.555. The molecule has 0 bridgehead atoms. The molecule has 2 aromatic rings. The molecule has 0 spiro atoms. The topological polar surface area (TPSA) is 49.4 Å². The van der Waals surface area contributed by atoms with Crippen LogP contribution in [0.1, 0.15) is 56.0 Å². The van der Waals surface area contributed by atoms with E-state index in [2.05, 4.69) is 12.2 Å². The number of amides is 2. The summed E-state index contributed by atoms with van der Waals surface area (Å²) < 4.78 is 14.1. The van der Waals surface area contributed by atoms with Gasteiger partial charge in [0, 0.05) is 17.3 Å². The lowest BCUT2D eigenvalue weighted by molar-refractivity contribution is -0.120. The van der Waals surface area contributed by atoms with E-state index in [4.69, 9.17) is 0 Å². The number of hydrogen-bond acceptors (Lipinski definition) is 3. The second-order valence-corrected chi connectivity index (χ2v) is 8.79. The van der Waals surface area contributed by atoms with Gasteiger partial charge in [0.2, 0.25) is 11.8 Å². The van der Waals surface area contributed by atoms with Crippen LogP contribution in [0.15, 0.2) is 42.5 Å². The van der Waals surface area contributed by atoms with Crippen molar-refractivity contribution in [2.75, 3.05) is 16.0 Å². The third-order valence-corrected chi connectivity index (χ3v) is 6.72. The van der Waals surface area contributed by atoms with Crippen molar-refractivity contribution in [3.63, 3.8) is 0 Å². The first kappa shape index (κ1) is 22.3. The number of rotatable bonds is 8. The van der Waals surface area contributed by atoms with Gasteiger partial charge >= 0.3 is 0 Å². The van der Waals surface area contributed by atoms with Crippen molar-refractivity contribution in [3.05, 3.63) is 59.4 Å². The van der Waals surface area contributed by atoms with E-state index >= 15 is 0 Å². The fourth-order valence-electron chi connectivity index (χ4n) is 3.67. The molecule has 1 aliphatic rings. The van der Waals surface area contributed by atoms with Crippen LogP contribution in [0, 0.1) is 18.7 Å². The Morgan fingerprint density at radius 2 is 2.07 bits per heavy atom. The molecule has 0 radical (unpaired) electrons. The van der Waals surface area contributed by atoms with E-state index in [0.717, 1.165) is 36.9 Å². The van der Waals surface area contributed by atoms with Crippen molar-refractivity contribution in [1.82, 2.24) is 0 Å². The Hall–Kier alpha value is -2.34. The highest BCUT2D eigenvalue weighted by Crippen LogP contribution is 2.42. The minimum Gasteiger partial charge on any atom is -0.326 e. The van der Waals surface area contributed by atoms with Gasteiger partial charge < -0.3 is 5.32 Å². The van der Waals surface area contributed by atoms with Crippen LogP contribution in [0.2, 0.25) is 0 Å². The smallest absolute Gasteiger partial charge is 0.238 e. The molecule has 4 nitrogen and oxygen atoms in total. The molecule has 2 aromatic carbocycles. The van der Waals surface area contributed by atoms with E-state index in [0.29, 0.717) is 17.0 Å². The third kappa shape index (κ3) is 5.04. The lowest BCUT2D eigenvalue weighted by Crippen LogP contribution is -2.28. The number of unbranched alkanes of at least 4 members (excludes halogenated alkanes) is 1. The molecule has 2 atom stereocenters. The lowest BCUT2D eigenvalue weighted by atomic mass is 9.98. The van der Waals surface area contributed by atoms with Gasteiger partial charge in [-0.2, -0.15) is 0 Å². The highest BCUT2D eigenvalue weighted by atomic mass is 32.2. The van der Waals surface area contributed by atoms with E-state index in [1.807, 2.05) is 31.2 Å². The van der Waals surface area contributed by atoms with Crippen LogP contribution >= 0.6 is 11.8 Å². The van der Waals surface area contributed by atoms with Crippen LogP contribution in [-0.4, -0.2) is 17.6 Å². The van der Waals surface area contributed by atoms with E-state index in [1.54, 1.807) is 24.0 Å². The standard InChI is InChI=1S/C24H29FN2O2S/c1-4-6-8-17(5-2)23(29)26-19-10-7-9-18(13-19)24-27(22(28)15-30-24)20-12-11-16(3)21(25)14-20/h7,9-14,17,24H,4-6,8,15H2,1-3H3,(H,26,29)/t17-,24+/m0/s1. The Bertz CT molecular complexity index is 918. The third-order valence-electron chi connectivity index (χ3n) is 5.51. The highest BCUT2D eigenvalue weighted by Gasteiger charge is 2.34. The zero-order chi connectivity index (χ0) is 21.7. The summed E-state index contributed by atoms with van der Waals surface area (Å²) >= 11 is 1.51. The van der Waals surface area contributed by atoms with Gasteiger partial charge in [0.05, 0.1) is 5.75 Å². The second kappa shape index (κ2) is 10.1. The van der Waals surface area contributed by atoms with Gasteiger partial charge in [0.15, 0.2) is 0 Å². The number of thioether (sulfide) groups is 1. The Balaban J connectivity index is 1.81. The van der Waals surface area contributed by atoms with Crippen molar-refractivity contribution in [1.29, 1.82) is 0 Å². The SMILES string of the molecule is CCCC[C@H](CC)C(=O)Nc1cccc([C@H]2SCC(=O)N2c2ccc(C)c(F)c2)c1. The number of hydrogen-bond donors (Lipinski definition) is 1. The lowest BCUT2D eigenvalue weighted by Gasteiger charge is -2.25. The fraction of sp³-hybridized carbons (Fsp3) is 0.417. The predicted octanol–water partition coefficient (Wildman–Crippen LogP) is 6.07. The number of nitrogens with one attached hydrogen (secondary N) is 1. The Morgan fingerprint density at radius 1 is 1.27 bits per heavy atom. The summed E-state index contributed by atoms with van der Waals surface area (Å²) in [4.78, 5) is 26.9. The zero-order valence-corrected chi connectivity index (χ0v) is 18.6. The number of carbonyl (C=O) groups is 2. The molecule has 0 aromatic heterocycles. The number of aryl methyl sites for hydroxylation is 1. The molecular formula is C24H29FN2O2S.